The van der Waals surface area contributed by atoms with E-state index in [1.807, 2.05) is 77.5 Å². The minimum Gasteiger partial charge on any atom is -0.493 e. The molecule has 0 bridgehead atoms. The van der Waals surface area contributed by atoms with Gasteiger partial charge in [-0.15, -0.1) is 0 Å². The van der Waals surface area contributed by atoms with Gasteiger partial charge >= 0.3 is 6.03 Å². The Bertz CT molecular complexity index is 1790. The minimum atomic E-state index is -1.00. The predicted octanol–water partition coefficient (Wildman–Crippen LogP) is 7.76. The van der Waals surface area contributed by atoms with Crippen LogP contribution in [0, 0.1) is 5.41 Å². The second-order valence-electron chi connectivity index (χ2n) is 15.7. The van der Waals surface area contributed by atoms with Crippen LogP contribution in [0.4, 0.5) is 4.79 Å². The van der Waals surface area contributed by atoms with Crippen molar-refractivity contribution in [2.24, 2.45) is 16.1 Å². The van der Waals surface area contributed by atoms with Crippen LogP contribution in [0.15, 0.2) is 65.8 Å². The number of piperidine rings is 2. The smallest absolute Gasteiger partial charge is 0.326 e. The van der Waals surface area contributed by atoms with Gasteiger partial charge in [0.2, 0.25) is 5.91 Å². The van der Waals surface area contributed by atoms with Gasteiger partial charge < -0.3 is 15.4 Å². The van der Waals surface area contributed by atoms with Crippen molar-refractivity contribution in [2.45, 2.75) is 83.7 Å². The molecule has 2 aromatic carbocycles. The third-order valence-corrected chi connectivity index (χ3v) is 12.0. The molecule has 2 atom stereocenters. The maximum Gasteiger partial charge on any atom is 0.326 e. The van der Waals surface area contributed by atoms with E-state index in [9.17, 15) is 4.79 Å². The molecule has 4 heterocycles. The molecule has 3 amide bonds. The Morgan fingerprint density at radius 3 is 1.96 bits per heavy atom. The van der Waals surface area contributed by atoms with E-state index in [2.05, 4.69) is 39.5 Å². The van der Waals surface area contributed by atoms with Crippen LogP contribution in [-0.4, -0.2) is 76.8 Å². The van der Waals surface area contributed by atoms with Crippen LogP contribution >= 0.6 is 23.2 Å². The Kier molecular flexibility index (Phi) is 10.2. The lowest BCUT2D eigenvalue weighted by molar-refractivity contribution is -0.119. The number of benzene rings is 2. The summed E-state index contributed by atoms with van der Waals surface area (Å²) in [5.74, 6) is 0.846. The summed E-state index contributed by atoms with van der Waals surface area (Å²) in [5, 5.41) is 1.23. The van der Waals surface area contributed by atoms with Gasteiger partial charge in [-0.3, -0.25) is 24.6 Å². The highest BCUT2D eigenvalue weighted by molar-refractivity contribution is 6.30. The number of pyridine rings is 1. The van der Waals surface area contributed by atoms with E-state index in [-0.39, 0.29) is 22.8 Å². The number of ether oxygens (including phenoxy) is 1. The molecule has 272 valence electrons. The first kappa shape index (κ1) is 37.1. The third-order valence-electron chi connectivity index (χ3n) is 11.5. The minimum absolute atomic E-state index is 0.118. The number of urea groups is 1. The summed E-state index contributed by atoms with van der Waals surface area (Å²) >= 11 is 12.8. The van der Waals surface area contributed by atoms with E-state index < -0.39 is 11.1 Å². The highest BCUT2D eigenvalue weighted by Gasteiger charge is 2.60. The second-order valence-corrected chi connectivity index (χ2v) is 16.6. The van der Waals surface area contributed by atoms with Crippen molar-refractivity contribution in [1.82, 2.24) is 19.7 Å². The van der Waals surface area contributed by atoms with Gasteiger partial charge in [0.25, 0.3) is 0 Å². The van der Waals surface area contributed by atoms with Gasteiger partial charge in [-0.05, 0) is 100 Å². The van der Waals surface area contributed by atoms with Gasteiger partial charge in [0.1, 0.15) is 22.7 Å². The first-order chi connectivity index (χ1) is 24.1. The summed E-state index contributed by atoms with van der Waals surface area (Å²) < 4.78 is 6.31. The molecule has 3 aliphatic rings. The normalized spacial score (nSPS) is 23.7. The van der Waals surface area contributed by atoms with Crippen molar-refractivity contribution in [3.8, 4) is 5.75 Å². The number of hydrogen-bond acceptors (Lipinski definition) is 6. The largest absolute Gasteiger partial charge is 0.493 e. The molecule has 2 saturated heterocycles. The summed E-state index contributed by atoms with van der Waals surface area (Å²) in [7, 11) is 0. The quantitative estimate of drug-likeness (QED) is 0.268. The molecule has 1 aromatic heterocycles. The predicted molar refractivity (Wildman–Crippen MR) is 204 cm³/mol. The number of halogens is 2. The molecule has 9 nitrogen and oxygen atoms in total. The topological polar surface area (TPSA) is 104 Å². The van der Waals surface area contributed by atoms with Crippen molar-refractivity contribution in [3.63, 3.8) is 0 Å². The van der Waals surface area contributed by atoms with Gasteiger partial charge in [-0.1, -0.05) is 68.2 Å². The van der Waals surface area contributed by atoms with Gasteiger partial charge in [-0.2, -0.15) is 0 Å². The molecule has 2 N–H and O–H groups in total. The van der Waals surface area contributed by atoms with Crippen LogP contribution < -0.4 is 10.5 Å². The Balaban J connectivity index is 1.46. The number of aromatic nitrogens is 1. The number of hydrogen-bond donors (Lipinski definition) is 1. The summed E-state index contributed by atoms with van der Waals surface area (Å²) in [6, 6.07) is 17.3. The van der Waals surface area contributed by atoms with Crippen LogP contribution in [0.1, 0.15) is 89.6 Å². The first-order valence-corrected chi connectivity index (χ1v) is 18.7. The van der Waals surface area contributed by atoms with Crippen LogP contribution in [0.25, 0.3) is 0 Å². The van der Waals surface area contributed by atoms with Crippen molar-refractivity contribution in [2.75, 3.05) is 39.3 Å². The molecular weight excluding hydrogens is 683 g/mol. The molecule has 2 fully saturated rings. The molecule has 3 aromatic rings. The van der Waals surface area contributed by atoms with Crippen LogP contribution in [0.3, 0.4) is 0 Å². The monoisotopic (exact) mass is 732 g/mol. The van der Waals surface area contributed by atoms with Crippen molar-refractivity contribution in [3.05, 3.63) is 93.2 Å². The Hall–Kier alpha value is -3.66. The lowest BCUT2D eigenvalue weighted by atomic mass is 9.70. The fourth-order valence-electron chi connectivity index (χ4n) is 8.08. The van der Waals surface area contributed by atoms with Crippen molar-refractivity contribution in [1.29, 1.82) is 0 Å². The number of likely N-dealkylation sites (tertiary alicyclic amines) is 2. The molecule has 0 saturated carbocycles. The third kappa shape index (κ3) is 6.97. The Labute approximate surface area is 312 Å². The summed E-state index contributed by atoms with van der Waals surface area (Å²) in [4.78, 5) is 43.4. The maximum absolute atomic E-state index is 15.4. The van der Waals surface area contributed by atoms with Crippen LogP contribution in [0.2, 0.25) is 10.0 Å². The second kappa shape index (κ2) is 14.1. The standard InChI is InChI=1S/C40H50Cl2N6O3/c1-7-51-32-24-33(37(2,3)4)44-25-31(32)35-45-38(5,27-8-12-29(41)13-9-27)39(6,28-10-14-30(42)15-11-28)48(35)36(50)47-22-18-40(19-23-47)16-20-46(21-17-40)26-34(43)49/h8-15,24-25H,7,16-23,26H2,1-6H3,(H2,43,49)/t38-,39+/m0/s1. The highest BCUT2D eigenvalue weighted by Crippen LogP contribution is 2.54. The molecular formula is C40H50Cl2N6O3. The number of amides is 3. The van der Waals surface area contributed by atoms with Crippen molar-refractivity contribution < 1.29 is 14.3 Å². The van der Waals surface area contributed by atoms with Gasteiger partial charge in [0, 0.05) is 46.5 Å². The fraction of sp³-hybridized carbons (Fsp3) is 0.500. The molecule has 0 radical (unpaired) electrons. The first-order valence-electron chi connectivity index (χ1n) is 18.0. The SMILES string of the molecule is CCOc1cc(C(C)(C)C)ncc1C1=N[C@@](C)(c2ccc(Cl)cc2)[C@@](C)(c2ccc(Cl)cc2)N1C(=O)N1CCC2(CCN(CC(N)=O)CC2)CC1. The molecule has 0 unspecified atom stereocenters. The average Bonchev–Trinajstić information content (AvgIpc) is 3.33. The van der Waals surface area contributed by atoms with E-state index in [0.29, 0.717) is 53.4 Å². The highest BCUT2D eigenvalue weighted by atomic mass is 35.5. The molecule has 0 aliphatic carbocycles. The number of rotatable bonds is 7. The number of carbonyl (C=O) groups is 2. The van der Waals surface area contributed by atoms with E-state index in [1.165, 1.54) is 0 Å². The molecule has 6 rings (SSSR count). The van der Waals surface area contributed by atoms with Crippen LogP contribution in [0.5, 0.6) is 5.75 Å². The number of nitrogens with zero attached hydrogens (tertiary/aromatic N) is 5. The van der Waals surface area contributed by atoms with Gasteiger partial charge in [0.05, 0.1) is 18.7 Å². The fourth-order valence-corrected chi connectivity index (χ4v) is 8.33. The molecule has 51 heavy (non-hydrogen) atoms. The van der Waals surface area contributed by atoms with E-state index in [1.54, 1.807) is 0 Å². The zero-order valence-electron chi connectivity index (χ0n) is 30.6. The summed E-state index contributed by atoms with van der Waals surface area (Å²) in [6.45, 7) is 16.1. The summed E-state index contributed by atoms with van der Waals surface area (Å²) in [5.41, 5.74) is 6.80. The maximum atomic E-state index is 15.4. The number of primary amides is 1. The molecule has 1 spiro atoms. The molecule has 3 aliphatic heterocycles. The van der Waals surface area contributed by atoms with Gasteiger partial charge in [-0.25, -0.2) is 4.79 Å². The number of amidine groups is 1. The molecule has 11 heteroatoms. The summed E-state index contributed by atoms with van der Waals surface area (Å²) in [6.07, 6.45) is 5.56. The van der Waals surface area contributed by atoms with E-state index in [4.69, 9.17) is 43.6 Å². The van der Waals surface area contributed by atoms with E-state index >= 15 is 4.79 Å². The Morgan fingerprint density at radius 1 is 0.882 bits per heavy atom. The van der Waals surface area contributed by atoms with Crippen LogP contribution in [-0.2, 0) is 21.3 Å². The average molecular weight is 734 g/mol. The zero-order chi connectivity index (χ0) is 36.8. The lowest BCUT2D eigenvalue weighted by Crippen LogP contribution is -2.60. The Morgan fingerprint density at radius 2 is 1.43 bits per heavy atom. The number of aliphatic imine (C=N–C) groups is 1. The van der Waals surface area contributed by atoms with Crippen molar-refractivity contribution >= 4 is 41.0 Å². The lowest BCUT2D eigenvalue weighted by Gasteiger charge is -2.50. The van der Waals surface area contributed by atoms with E-state index in [0.717, 1.165) is 55.6 Å². The zero-order valence-corrected chi connectivity index (χ0v) is 32.2. The number of carbonyl (C=O) groups excluding carboxylic acids is 2. The number of nitrogens with two attached hydrogens (primary N) is 1. The van der Waals surface area contributed by atoms with Gasteiger partial charge in [0.15, 0.2) is 0 Å².